The predicted octanol–water partition coefficient (Wildman–Crippen LogP) is 4.46. The molecule has 4 bridgehead atoms. The molecule has 4 saturated carbocycles. The molecule has 0 saturated heterocycles. The third kappa shape index (κ3) is 2.69. The minimum Gasteiger partial charge on any atom is -0.494 e. The van der Waals surface area contributed by atoms with Crippen LogP contribution in [0.3, 0.4) is 0 Å². The number of hydrogen-bond donors (Lipinski definition) is 0. The first-order valence-corrected chi connectivity index (χ1v) is 8.98. The molecule has 3 nitrogen and oxygen atoms in total. The zero-order valence-corrected chi connectivity index (χ0v) is 14.6. The highest BCUT2D eigenvalue weighted by Gasteiger charge is 2.60. The standard InChI is InChI=1S/C19H22ClFO3/c1-23-16-3-2-12(5-15(16)21)10-24-17(22)18-6-13-4-14(7-18)9-19(20,8-13)11-18/h2-3,5,13-14H,4,6-11H2,1H3/t13-,14+,18?,19?. The van der Waals surface area contributed by atoms with Crippen molar-refractivity contribution in [2.45, 2.75) is 50.0 Å². The van der Waals surface area contributed by atoms with Crippen LogP contribution >= 0.6 is 11.6 Å². The Balaban J connectivity index is 1.46. The smallest absolute Gasteiger partial charge is 0.312 e. The molecule has 2 unspecified atom stereocenters. The molecule has 5 heteroatoms. The van der Waals surface area contributed by atoms with Crippen molar-refractivity contribution in [2.75, 3.05) is 7.11 Å². The fourth-order valence-electron chi connectivity index (χ4n) is 5.49. The molecular formula is C19H22ClFO3. The highest BCUT2D eigenvalue weighted by atomic mass is 35.5. The number of carbonyl (C=O) groups excluding carboxylic acids is 1. The van der Waals surface area contributed by atoms with Gasteiger partial charge in [-0.25, -0.2) is 4.39 Å². The van der Waals surface area contributed by atoms with Crippen molar-refractivity contribution in [1.29, 1.82) is 0 Å². The van der Waals surface area contributed by atoms with Crippen molar-refractivity contribution < 1.29 is 18.7 Å². The minimum absolute atomic E-state index is 0.0894. The largest absolute Gasteiger partial charge is 0.494 e. The molecule has 0 heterocycles. The fourth-order valence-corrected chi connectivity index (χ4v) is 6.18. The second-order valence-corrected chi connectivity index (χ2v) is 8.74. The van der Waals surface area contributed by atoms with Crippen LogP contribution in [0.5, 0.6) is 5.75 Å². The number of hydrogen-bond acceptors (Lipinski definition) is 3. The summed E-state index contributed by atoms with van der Waals surface area (Å²) in [5, 5.41) is 0. The summed E-state index contributed by atoms with van der Waals surface area (Å²) in [5.41, 5.74) is 0.212. The van der Waals surface area contributed by atoms with Crippen LogP contribution in [0.1, 0.15) is 44.1 Å². The molecule has 130 valence electrons. The normalized spacial score (nSPS) is 36.6. The van der Waals surface area contributed by atoms with Gasteiger partial charge in [0, 0.05) is 4.87 Å². The summed E-state index contributed by atoms with van der Waals surface area (Å²) in [4.78, 5) is 12.6. The Bertz CT molecular complexity index is 661. The lowest BCUT2D eigenvalue weighted by Crippen LogP contribution is -2.56. The van der Waals surface area contributed by atoms with Crippen molar-refractivity contribution in [3.8, 4) is 5.75 Å². The minimum atomic E-state index is -0.444. The fraction of sp³-hybridized carbons (Fsp3) is 0.632. The number of methoxy groups -OCH3 is 1. The quantitative estimate of drug-likeness (QED) is 0.593. The van der Waals surface area contributed by atoms with Crippen molar-refractivity contribution in [1.82, 2.24) is 0 Å². The van der Waals surface area contributed by atoms with Gasteiger partial charge in [-0.3, -0.25) is 4.79 Å². The average Bonchev–Trinajstić information content (AvgIpc) is 2.50. The molecule has 0 aliphatic heterocycles. The summed E-state index contributed by atoms with van der Waals surface area (Å²) in [7, 11) is 1.42. The maximum Gasteiger partial charge on any atom is 0.312 e. The summed E-state index contributed by atoms with van der Waals surface area (Å²) in [6, 6.07) is 4.63. The second kappa shape index (κ2) is 5.62. The molecule has 4 aliphatic rings. The molecule has 1 aromatic carbocycles. The van der Waals surface area contributed by atoms with Gasteiger partial charge in [0.25, 0.3) is 0 Å². The van der Waals surface area contributed by atoms with Gasteiger partial charge >= 0.3 is 5.97 Å². The maximum atomic E-state index is 13.8. The van der Waals surface area contributed by atoms with E-state index in [4.69, 9.17) is 21.1 Å². The SMILES string of the molecule is COc1ccc(COC(=O)C23C[C@@H]4C[C@@H](CC(Cl)(C4)C2)C3)cc1F. The molecular weight excluding hydrogens is 331 g/mol. The molecule has 0 spiro atoms. The lowest BCUT2D eigenvalue weighted by Gasteiger charge is -2.58. The highest BCUT2D eigenvalue weighted by molar-refractivity contribution is 6.24. The first-order chi connectivity index (χ1) is 11.4. The molecule has 4 fully saturated rings. The Morgan fingerprint density at radius 2 is 2.00 bits per heavy atom. The number of ether oxygens (including phenoxy) is 2. The molecule has 0 radical (unpaired) electrons. The van der Waals surface area contributed by atoms with E-state index in [1.54, 1.807) is 12.1 Å². The van der Waals surface area contributed by atoms with E-state index in [2.05, 4.69) is 0 Å². The molecule has 5 rings (SSSR count). The second-order valence-electron chi connectivity index (χ2n) is 7.94. The molecule has 4 aliphatic carbocycles. The van der Waals surface area contributed by atoms with Gasteiger partial charge in [0.2, 0.25) is 0 Å². The molecule has 0 N–H and O–H groups in total. The van der Waals surface area contributed by atoms with Crippen molar-refractivity contribution in [3.63, 3.8) is 0 Å². The van der Waals surface area contributed by atoms with E-state index in [-0.39, 0.29) is 23.2 Å². The number of carbonyl (C=O) groups is 1. The summed E-state index contributed by atoms with van der Waals surface area (Å²) in [6.07, 6.45) is 5.78. The van der Waals surface area contributed by atoms with E-state index < -0.39 is 11.2 Å². The Morgan fingerprint density at radius 1 is 1.29 bits per heavy atom. The van der Waals surface area contributed by atoms with Crippen molar-refractivity contribution >= 4 is 17.6 Å². The van der Waals surface area contributed by atoms with Gasteiger partial charge in [0.05, 0.1) is 12.5 Å². The van der Waals surface area contributed by atoms with E-state index in [0.29, 0.717) is 17.4 Å². The van der Waals surface area contributed by atoms with E-state index in [0.717, 1.165) is 32.1 Å². The van der Waals surface area contributed by atoms with Gasteiger partial charge in [0.1, 0.15) is 6.61 Å². The topological polar surface area (TPSA) is 35.5 Å². The van der Waals surface area contributed by atoms with Crippen molar-refractivity contribution in [2.24, 2.45) is 17.3 Å². The first kappa shape index (κ1) is 16.2. The van der Waals surface area contributed by atoms with Crippen LogP contribution in [0.2, 0.25) is 0 Å². The zero-order valence-electron chi connectivity index (χ0n) is 13.8. The Hall–Kier alpha value is -1.29. The van der Waals surface area contributed by atoms with Crippen LogP contribution in [0.25, 0.3) is 0 Å². The number of benzene rings is 1. The first-order valence-electron chi connectivity index (χ1n) is 8.60. The van der Waals surface area contributed by atoms with Crippen LogP contribution in [0.4, 0.5) is 4.39 Å². The number of alkyl halides is 1. The van der Waals surface area contributed by atoms with E-state index in [9.17, 15) is 9.18 Å². The van der Waals surface area contributed by atoms with Gasteiger partial charge < -0.3 is 9.47 Å². The van der Waals surface area contributed by atoms with Gasteiger partial charge in [-0.2, -0.15) is 0 Å². The van der Waals surface area contributed by atoms with E-state index in [1.165, 1.54) is 19.6 Å². The Labute approximate surface area is 146 Å². The van der Waals surface area contributed by atoms with Crippen LogP contribution < -0.4 is 4.74 Å². The van der Waals surface area contributed by atoms with Crippen LogP contribution in [-0.4, -0.2) is 18.0 Å². The summed E-state index contributed by atoms with van der Waals surface area (Å²) < 4.78 is 24.2. The molecule has 24 heavy (non-hydrogen) atoms. The van der Waals surface area contributed by atoms with Gasteiger partial charge in [-0.1, -0.05) is 6.07 Å². The monoisotopic (exact) mass is 352 g/mol. The zero-order chi connectivity index (χ0) is 16.9. The predicted molar refractivity (Wildman–Crippen MR) is 88.4 cm³/mol. The Morgan fingerprint density at radius 3 is 2.58 bits per heavy atom. The summed E-state index contributed by atoms with van der Waals surface area (Å²) in [6.45, 7) is 0.0894. The van der Waals surface area contributed by atoms with E-state index in [1.807, 2.05) is 0 Å². The lowest BCUT2D eigenvalue weighted by atomic mass is 9.49. The third-order valence-electron chi connectivity index (χ3n) is 6.01. The molecule has 0 amide bonds. The Kier molecular flexibility index (Phi) is 3.79. The lowest BCUT2D eigenvalue weighted by molar-refractivity contribution is -0.171. The third-order valence-corrected chi connectivity index (χ3v) is 6.45. The highest BCUT2D eigenvalue weighted by Crippen LogP contribution is 2.64. The van der Waals surface area contributed by atoms with Gasteiger partial charge in [-0.15, -0.1) is 11.6 Å². The average molecular weight is 353 g/mol. The summed E-state index contributed by atoms with van der Waals surface area (Å²) >= 11 is 6.76. The maximum absolute atomic E-state index is 13.8. The molecule has 0 aromatic heterocycles. The van der Waals surface area contributed by atoms with Crippen LogP contribution in [-0.2, 0) is 16.1 Å². The number of esters is 1. The van der Waals surface area contributed by atoms with Gasteiger partial charge in [-0.05, 0) is 68.1 Å². The van der Waals surface area contributed by atoms with Crippen molar-refractivity contribution in [3.05, 3.63) is 29.6 Å². The van der Waals surface area contributed by atoms with Crippen LogP contribution in [0, 0.1) is 23.1 Å². The van der Waals surface area contributed by atoms with Crippen LogP contribution in [0.15, 0.2) is 18.2 Å². The van der Waals surface area contributed by atoms with E-state index >= 15 is 0 Å². The molecule has 1 aromatic rings. The summed E-state index contributed by atoms with van der Waals surface area (Å²) in [5.74, 6) is 0.693. The molecule has 4 atom stereocenters. The number of rotatable bonds is 4. The van der Waals surface area contributed by atoms with Gasteiger partial charge in [0.15, 0.2) is 11.6 Å². The number of halogens is 2.